The highest BCUT2D eigenvalue weighted by atomic mass is 35.5. The van der Waals surface area contributed by atoms with Crippen molar-refractivity contribution in [2.24, 2.45) is 0 Å². The number of aryl methyl sites for hydroxylation is 1. The number of halogens is 2. The molecule has 2 atom stereocenters. The Hall–Kier alpha value is -3.39. The van der Waals surface area contributed by atoms with Crippen molar-refractivity contribution in [3.8, 4) is 5.69 Å². The third kappa shape index (κ3) is 5.14. The molecule has 4 aromatic rings. The number of para-hydroxylation sites is 1. The molecule has 2 aromatic heterocycles. The quantitative estimate of drug-likeness (QED) is 0.242. The van der Waals surface area contributed by atoms with Crippen molar-refractivity contribution in [3.63, 3.8) is 0 Å². The van der Waals surface area contributed by atoms with Crippen LogP contribution in [0, 0.1) is 13.8 Å². The van der Waals surface area contributed by atoms with E-state index in [2.05, 4.69) is 38.1 Å². The van der Waals surface area contributed by atoms with Crippen LogP contribution in [0.15, 0.2) is 79.0 Å². The van der Waals surface area contributed by atoms with E-state index in [1.807, 2.05) is 67.6 Å². The fourth-order valence-corrected chi connectivity index (χ4v) is 5.79. The fraction of sp³-hybridized carbons (Fsp3) is 0.207. The summed E-state index contributed by atoms with van der Waals surface area (Å²) in [6.07, 6.45) is 2.06. The van der Waals surface area contributed by atoms with Crippen LogP contribution in [0.25, 0.3) is 5.69 Å². The van der Waals surface area contributed by atoms with Gasteiger partial charge in [-0.1, -0.05) is 53.5 Å². The molecule has 1 aliphatic heterocycles. The van der Waals surface area contributed by atoms with Gasteiger partial charge >= 0.3 is 0 Å². The van der Waals surface area contributed by atoms with E-state index in [-0.39, 0.29) is 24.4 Å². The molecule has 1 aliphatic rings. The zero-order valence-electron chi connectivity index (χ0n) is 21.0. The molecule has 38 heavy (non-hydrogen) atoms. The van der Waals surface area contributed by atoms with Crippen LogP contribution in [-0.2, 0) is 4.79 Å². The molecule has 3 heterocycles. The molecule has 1 fully saturated rings. The molecule has 0 aliphatic carbocycles. The summed E-state index contributed by atoms with van der Waals surface area (Å²) in [6.45, 7) is 4.55. The second-order valence-electron chi connectivity index (χ2n) is 9.22. The number of carbonyl (C=O) groups excluding carboxylic acids is 1. The Bertz CT molecular complexity index is 1480. The third-order valence-electron chi connectivity index (χ3n) is 6.80. The van der Waals surface area contributed by atoms with Gasteiger partial charge in [-0.2, -0.15) is 0 Å². The predicted molar refractivity (Wildman–Crippen MR) is 157 cm³/mol. The highest BCUT2D eigenvalue weighted by molar-refractivity contribution is 7.80. The van der Waals surface area contributed by atoms with E-state index in [1.165, 1.54) is 0 Å². The zero-order chi connectivity index (χ0) is 26.8. The second kappa shape index (κ2) is 11.2. The molecule has 0 spiro atoms. The van der Waals surface area contributed by atoms with Crippen LogP contribution in [0.5, 0.6) is 0 Å². The van der Waals surface area contributed by atoms with E-state index >= 15 is 0 Å². The minimum atomic E-state index is -0.190. The average Bonchev–Trinajstić information content (AvgIpc) is 3.40. The van der Waals surface area contributed by atoms with Gasteiger partial charge in [0.25, 0.3) is 0 Å². The van der Waals surface area contributed by atoms with Gasteiger partial charge < -0.3 is 20.1 Å². The number of amides is 1. The Balaban J connectivity index is 1.50. The molecule has 2 aromatic carbocycles. The van der Waals surface area contributed by atoms with Crippen LogP contribution in [-0.4, -0.2) is 32.0 Å². The first-order chi connectivity index (χ1) is 18.3. The molecule has 1 amide bonds. The number of hydrogen-bond donors (Lipinski definition) is 2. The Labute approximate surface area is 237 Å². The highest BCUT2D eigenvalue weighted by Gasteiger charge is 2.41. The van der Waals surface area contributed by atoms with E-state index in [0.29, 0.717) is 21.7 Å². The van der Waals surface area contributed by atoms with Gasteiger partial charge in [-0.05, 0) is 74.1 Å². The van der Waals surface area contributed by atoms with E-state index in [1.54, 1.807) is 12.3 Å². The zero-order valence-corrected chi connectivity index (χ0v) is 23.3. The maximum Gasteiger partial charge on any atom is 0.226 e. The fourth-order valence-electron chi connectivity index (χ4n) is 5.07. The van der Waals surface area contributed by atoms with E-state index < -0.39 is 0 Å². The largest absolute Gasteiger partial charge is 0.352 e. The summed E-state index contributed by atoms with van der Waals surface area (Å²) in [5, 5.41) is 8.01. The van der Waals surface area contributed by atoms with E-state index in [4.69, 9.17) is 35.4 Å². The minimum absolute atomic E-state index is 0.0739. The topological polar surface area (TPSA) is 62.2 Å². The number of benzene rings is 2. The lowest BCUT2D eigenvalue weighted by Gasteiger charge is -2.28. The van der Waals surface area contributed by atoms with Crippen molar-refractivity contribution in [2.45, 2.75) is 32.4 Å². The van der Waals surface area contributed by atoms with Crippen molar-refractivity contribution in [3.05, 3.63) is 112 Å². The number of thiocarbonyl (C=S) groups is 1. The van der Waals surface area contributed by atoms with Gasteiger partial charge in [-0.25, -0.2) is 0 Å². The second-order valence-corrected chi connectivity index (χ2v) is 10.4. The van der Waals surface area contributed by atoms with Crippen LogP contribution in [0.2, 0.25) is 10.0 Å². The summed E-state index contributed by atoms with van der Waals surface area (Å²) >= 11 is 18.8. The van der Waals surface area contributed by atoms with Crippen molar-refractivity contribution >= 4 is 52.1 Å². The SMILES string of the molecule is Cc1cc([C@@H]2[C@H](c3ccccn3)NC(=S)N2CCC(=O)Nc2ccccc2)c(C)n1-c1cccc(Cl)c1Cl. The number of rotatable bonds is 7. The molecule has 9 heteroatoms. The van der Waals surface area contributed by atoms with E-state index in [0.717, 1.165) is 34.0 Å². The number of hydrogen-bond acceptors (Lipinski definition) is 3. The number of anilines is 1. The molecule has 0 radical (unpaired) electrons. The first-order valence-corrected chi connectivity index (χ1v) is 13.5. The van der Waals surface area contributed by atoms with Gasteiger partial charge in [0.1, 0.15) is 0 Å². The highest BCUT2D eigenvalue weighted by Crippen LogP contribution is 2.42. The number of carbonyl (C=O) groups is 1. The van der Waals surface area contributed by atoms with Crippen LogP contribution in [0.4, 0.5) is 5.69 Å². The van der Waals surface area contributed by atoms with Gasteiger partial charge in [0.2, 0.25) is 5.91 Å². The number of nitrogens with one attached hydrogen (secondary N) is 2. The molecule has 0 unspecified atom stereocenters. The van der Waals surface area contributed by atoms with Gasteiger partial charge in [0.05, 0.1) is 33.5 Å². The lowest BCUT2D eigenvalue weighted by atomic mass is 9.96. The molecule has 1 saturated heterocycles. The van der Waals surface area contributed by atoms with Crippen LogP contribution in [0.3, 0.4) is 0 Å². The Morgan fingerprint density at radius 1 is 1.05 bits per heavy atom. The van der Waals surface area contributed by atoms with Crippen molar-refractivity contribution < 1.29 is 4.79 Å². The maximum atomic E-state index is 12.8. The van der Waals surface area contributed by atoms with Crippen LogP contribution < -0.4 is 10.6 Å². The Morgan fingerprint density at radius 2 is 1.82 bits per heavy atom. The summed E-state index contributed by atoms with van der Waals surface area (Å²) in [4.78, 5) is 19.5. The standard InChI is InChI=1S/C29H27Cl2N5OS/c1-18-17-21(19(2)36(18)24-13-8-11-22(30)26(24)31)28-27(23-12-6-7-15-32-23)34-29(38)35(28)16-14-25(37)33-20-9-4-3-5-10-20/h3-13,15,17,27-28H,14,16H2,1-2H3,(H,33,37)(H,34,38)/t27-,28+/m0/s1. The summed E-state index contributed by atoms with van der Waals surface area (Å²) in [6, 6.07) is 22.7. The minimum Gasteiger partial charge on any atom is -0.352 e. The van der Waals surface area contributed by atoms with Crippen molar-refractivity contribution in [1.29, 1.82) is 0 Å². The van der Waals surface area contributed by atoms with E-state index in [9.17, 15) is 4.79 Å². The molecule has 2 N–H and O–H groups in total. The molecule has 194 valence electrons. The van der Waals surface area contributed by atoms with Gasteiger partial charge in [-0.3, -0.25) is 9.78 Å². The molecule has 0 bridgehead atoms. The lowest BCUT2D eigenvalue weighted by Crippen LogP contribution is -2.32. The average molecular weight is 565 g/mol. The molecular weight excluding hydrogens is 537 g/mol. The van der Waals surface area contributed by atoms with Crippen LogP contribution >= 0.6 is 35.4 Å². The monoisotopic (exact) mass is 563 g/mol. The Kier molecular flexibility index (Phi) is 7.70. The lowest BCUT2D eigenvalue weighted by molar-refractivity contribution is -0.116. The first kappa shape index (κ1) is 26.2. The number of pyridine rings is 1. The van der Waals surface area contributed by atoms with Crippen LogP contribution in [0.1, 0.15) is 41.1 Å². The van der Waals surface area contributed by atoms with Gasteiger partial charge in [0.15, 0.2) is 5.11 Å². The normalized spacial score (nSPS) is 16.9. The van der Waals surface area contributed by atoms with Gasteiger partial charge in [-0.15, -0.1) is 0 Å². The summed E-state index contributed by atoms with van der Waals surface area (Å²) in [5.74, 6) is -0.0739. The smallest absolute Gasteiger partial charge is 0.226 e. The number of nitrogens with zero attached hydrogens (tertiary/aromatic N) is 3. The van der Waals surface area contributed by atoms with Crippen molar-refractivity contribution in [2.75, 3.05) is 11.9 Å². The molecule has 5 rings (SSSR count). The molecule has 6 nitrogen and oxygen atoms in total. The number of aromatic nitrogens is 2. The third-order valence-corrected chi connectivity index (χ3v) is 7.96. The maximum absolute atomic E-state index is 12.8. The van der Waals surface area contributed by atoms with Gasteiger partial charge in [0, 0.05) is 36.2 Å². The molecule has 0 saturated carbocycles. The summed E-state index contributed by atoms with van der Waals surface area (Å²) < 4.78 is 2.11. The van der Waals surface area contributed by atoms with Crippen molar-refractivity contribution in [1.82, 2.24) is 19.8 Å². The molecular formula is C29H27Cl2N5OS. The Morgan fingerprint density at radius 3 is 2.55 bits per heavy atom. The predicted octanol–water partition coefficient (Wildman–Crippen LogP) is 6.80. The summed E-state index contributed by atoms with van der Waals surface area (Å²) in [5.41, 5.74) is 5.57. The summed E-state index contributed by atoms with van der Waals surface area (Å²) in [7, 11) is 0. The first-order valence-electron chi connectivity index (χ1n) is 12.3.